The second-order valence-corrected chi connectivity index (χ2v) is 6.44. The number of aryl methyl sites for hydroxylation is 1. The van der Waals surface area contributed by atoms with Gasteiger partial charge in [-0.25, -0.2) is 0 Å². The molecule has 0 aliphatic carbocycles. The van der Waals surface area contributed by atoms with Gasteiger partial charge in [-0.2, -0.15) is 0 Å². The lowest BCUT2D eigenvalue weighted by molar-refractivity contribution is -0.141. The molecule has 1 atom stereocenters. The Bertz CT molecular complexity index is 565. The normalized spacial score (nSPS) is 17.0. The van der Waals surface area contributed by atoms with Crippen LogP contribution in [0.2, 0.25) is 0 Å². The SMILES string of the molecule is Cc1cccc(C(C)C(=O)N(C)CC(=O)N2CCC(O)CC2)c1. The van der Waals surface area contributed by atoms with Crippen molar-refractivity contribution in [1.29, 1.82) is 0 Å². The van der Waals surface area contributed by atoms with Crippen molar-refractivity contribution in [2.45, 2.75) is 38.7 Å². The molecule has 0 radical (unpaired) electrons. The van der Waals surface area contributed by atoms with Crippen LogP contribution in [0.15, 0.2) is 24.3 Å². The molecule has 0 bridgehead atoms. The molecule has 0 spiro atoms. The molecule has 1 fully saturated rings. The maximum Gasteiger partial charge on any atom is 0.242 e. The average molecular weight is 318 g/mol. The van der Waals surface area contributed by atoms with Crippen molar-refractivity contribution in [3.8, 4) is 0 Å². The first-order valence-electron chi connectivity index (χ1n) is 8.16. The summed E-state index contributed by atoms with van der Waals surface area (Å²) in [5.41, 5.74) is 2.09. The van der Waals surface area contributed by atoms with Crippen LogP contribution in [0, 0.1) is 6.92 Å². The molecule has 1 aliphatic rings. The lowest BCUT2D eigenvalue weighted by Crippen LogP contribution is -2.46. The van der Waals surface area contributed by atoms with Crippen molar-refractivity contribution in [3.05, 3.63) is 35.4 Å². The molecule has 126 valence electrons. The number of carbonyl (C=O) groups is 2. The van der Waals surface area contributed by atoms with Gasteiger partial charge in [0.05, 0.1) is 18.6 Å². The van der Waals surface area contributed by atoms with E-state index in [4.69, 9.17) is 0 Å². The van der Waals surface area contributed by atoms with Gasteiger partial charge in [0.1, 0.15) is 0 Å². The van der Waals surface area contributed by atoms with Crippen LogP contribution in [0.3, 0.4) is 0 Å². The van der Waals surface area contributed by atoms with E-state index >= 15 is 0 Å². The molecule has 0 saturated carbocycles. The number of piperidine rings is 1. The summed E-state index contributed by atoms with van der Waals surface area (Å²) in [6.45, 7) is 5.09. The number of hydrogen-bond donors (Lipinski definition) is 1. The predicted molar refractivity (Wildman–Crippen MR) is 89.1 cm³/mol. The quantitative estimate of drug-likeness (QED) is 0.916. The van der Waals surface area contributed by atoms with Crippen LogP contribution in [0.1, 0.15) is 36.8 Å². The third-order valence-corrected chi connectivity index (χ3v) is 4.48. The van der Waals surface area contributed by atoms with E-state index in [1.807, 2.05) is 38.1 Å². The molecule has 2 amide bonds. The molecule has 5 nitrogen and oxygen atoms in total. The van der Waals surface area contributed by atoms with Crippen LogP contribution in [-0.4, -0.2) is 59.5 Å². The fourth-order valence-electron chi connectivity index (χ4n) is 2.91. The fraction of sp³-hybridized carbons (Fsp3) is 0.556. The summed E-state index contributed by atoms with van der Waals surface area (Å²) in [5.74, 6) is -0.374. The van der Waals surface area contributed by atoms with Gasteiger partial charge in [0, 0.05) is 20.1 Å². The molecule has 0 aromatic heterocycles. The molecule has 1 aliphatic heterocycles. The van der Waals surface area contributed by atoms with Gasteiger partial charge in [-0.1, -0.05) is 29.8 Å². The minimum Gasteiger partial charge on any atom is -0.393 e. The molecule has 5 heteroatoms. The molecule has 1 heterocycles. The van der Waals surface area contributed by atoms with Crippen molar-refractivity contribution >= 4 is 11.8 Å². The topological polar surface area (TPSA) is 60.9 Å². The number of likely N-dealkylation sites (tertiary alicyclic amines) is 1. The molecular weight excluding hydrogens is 292 g/mol. The Hall–Kier alpha value is -1.88. The number of aliphatic hydroxyl groups excluding tert-OH is 1. The zero-order chi connectivity index (χ0) is 17.0. The minimum absolute atomic E-state index is 0.0517. The Balaban J connectivity index is 1.93. The zero-order valence-electron chi connectivity index (χ0n) is 14.2. The van der Waals surface area contributed by atoms with Gasteiger partial charge in [0.2, 0.25) is 11.8 Å². The van der Waals surface area contributed by atoms with Gasteiger partial charge in [-0.15, -0.1) is 0 Å². The maximum absolute atomic E-state index is 12.5. The van der Waals surface area contributed by atoms with Crippen molar-refractivity contribution in [2.24, 2.45) is 0 Å². The van der Waals surface area contributed by atoms with E-state index in [0.717, 1.165) is 11.1 Å². The van der Waals surface area contributed by atoms with Gasteiger partial charge in [0.15, 0.2) is 0 Å². The third kappa shape index (κ3) is 4.55. The van der Waals surface area contributed by atoms with E-state index < -0.39 is 0 Å². The van der Waals surface area contributed by atoms with E-state index in [1.165, 1.54) is 4.90 Å². The number of nitrogens with zero attached hydrogens (tertiary/aromatic N) is 2. The molecule has 1 N–H and O–H groups in total. The Labute approximate surface area is 137 Å². The number of amides is 2. The summed E-state index contributed by atoms with van der Waals surface area (Å²) in [4.78, 5) is 28.1. The number of hydrogen-bond acceptors (Lipinski definition) is 3. The summed E-state index contributed by atoms with van der Waals surface area (Å²) in [6.07, 6.45) is 0.923. The number of likely N-dealkylation sites (N-methyl/N-ethyl adjacent to an activating group) is 1. The summed E-state index contributed by atoms with van der Waals surface area (Å²) in [5, 5.41) is 9.50. The highest BCUT2D eigenvalue weighted by Gasteiger charge is 2.25. The number of rotatable bonds is 4. The lowest BCUT2D eigenvalue weighted by Gasteiger charge is -2.31. The van der Waals surface area contributed by atoms with Crippen LogP contribution in [0.5, 0.6) is 0 Å². The average Bonchev–Trinajstić information content (AvgIpc) is 2.54. The smallest absolute Gasteiger partial charge is 0.242 e. The van der Waals surface area contributed by atoms with Crippen molar-refractivity contribution in [2.75, 3.05) is 26.7 Å². The lowest BCUT2D eigenvalue weighted by atomic mass is 9.98. The Morgan fingerprint density at radius 1 is 1.35 bits per heavy atom. The Kier molecular flexibility index (Phi) is 5.77. The second-order valence-electron chi connectivity index (χ2n) is 6.44. The minimum atomic E-state index is -0.306. The molecule has 23 heavy (non-hydrogen) atoms. The summed E-state index contributed by atoms with van der Waals surface area (Å²) in [7, 11) is 1.67. The standard InChI is InChI=1S/C18H26N2O3/c1-13-5-4-6-15(11-13)14(2)18(23)19(3)12-17(22)20-9-7-16(21)8-10-20/h4-6,11,14,16,21H,7-10,12H2,1-3H3. The first kappa shape index (κ1) is 17.5. The second kappa shape index (κ2) is 7.59. The van der Waals surface area contributed by atoms with Gasteiger partial charge in [0.25, 0.3) is 0 Å². The van der Waals surface area contributed by atoms with Gasteiger partial charge in [-0.05, 0) is 32.3 Å². The Morgan fingerprint density at radius 2 is 2.00 bits per heavy atom. The van der Waals surface area contributed by atoms with Crippen molar-refractivity contribution < 1.29 is 14.7 Å². The highest BCUT2D eigenvalue weighted by molar-refractivity contribution is 5.88. The highest BCUT2D eigenvalue weighted by atomic mass is 16.3. The third-order valence-electron chi connectivity index (χ3n) is 4.48. The van der Waals surface area contributed by atoms with Crippen LogP contribution in [0.4, 0.5) is 0 Å². The number of aliphatic hydroxyl groups is 1. The van der Waals surface area contributed by atoms with E-state index in [2.05, 4.69) is 0 Å². The van der Waals surface area contributed by atoms with Crippen molar-refractivity contribution in [1.82, 2.24) is 9.80 Å². The van der Waals surface area contributed by atoms with E-state index in [0.29, 0.717) is 25.9 Å². The van der Waals surface area contributed by atoms with E-state index in [1.54, 1.807) is 11.9 Å². The monoisotopic (exact) mass is 318 g/mol. The predicted octanol–water partition coefficient (Wildman–Crippen LogP) is 1.54. The molecular formula is C18H26N2O3. The summed E-state index contributed by atoms with van der Waals surface area (Å²) < 4.78 is 0. The molecule has 1 aromatic carbocycles. The fourth-order valence-corrected chi connectivity index (χ4v) is 2.91. The zero-order valence-corrected chi connectivity index (χ0v) is 14.2. The van der Waals surface area contributed by atoms with Crippen LogP contribution < -0.4 is 0 Å². The van der Waals surface area contributed by atoms with E-state index in [-0.39, 0.29) is 30.4 Å². The molecule has 1 saturated heterocycles. The van der Waals surface area contributed by atoms with Crippen LogP contribution in [0.25, 0.3) is 0 Å². The van der Waals surface area contributed by atoms with Crippen LogP contribution in [-0.2, 0) is 9.59 Å². The first-order chi connectivity index (χ1) is 10.9. The van der Waals surface area contributed by atoms with Gasteiger partial charge < -0.3 is 14.9 Å². The van der Waals surface area contributed by atoms with Gasteiger partial charge in [-0.3, -0.25) is 9.59 Å². The first-order valence-corrected chi connectivity index (χ1v) is 8.16. The van der Waals surface area contributed by atoms with Gasteiger partial charge >= 0.3 is 0 Å². The number of carbonyl (C=O) groups excluding carboxylic acids is 2. The molecule has 2 rings (SSSR count). The molecule has 1 unspecified atom stereocenters. The highest BCUT2D eigenvalue weighted by Crippen LogP contribution is 2.19. The van der Waals surface area contributed by atoms with Crippen LogP contribution >= 0.6 is 0 Å². The summed E-state index contributed by atoms with van der Waals surface area (Å²) >= 11 is 0. The van der Waals surface area contributed by atoms with E-state index in [9.17, 15) is 14.7 Å². The Morgan fingerprint density at radius 3 is 2.61 bits per heavy atom. The largest absolute Gasteiger partial charge is 0.393 e. The molecule has 1 aromatic rings. The number of benzene rings is 1. The van der Waals surface area contributed by atoms with Crippen molar-refractivity contribution in [3.63, 3.8) is 0 Å². The summed E-state index contributed by atoms with van der Waals surface area (Å²) in [6, 6.07) is 7.89. The maximum atomic E-state index is 12.5.